The number of H-pyrrole nitrogens is 1. The molecular formula is C26H26ClN5O4. The lowest BCUT2D eigenvalue weighted by molar-refractivity contribution is -0.117. The van der Waals surface area contributed by atoms with Crippen LogP contribution in [-0.2, 0) is 9.53 Å². The molecule has 36 heavy (non-hydrogen) atoms. The molecular weight excluding hydrogens is 482 g/mol. The van der Waals surface area contributed by atoms with Crippen LogP contribution in [0.25, 0.3) is 27.7 Å². The summed E-state index contributed by atoms with van der Waals surface area (Å²) in [5.41, 5.74) is 8.21. The van der Waals surface area contributed by atoms with Gasteiger partial charge >= 0.3 is 6.09 Å². The molecule has 2 heterocycles. The molecule has 0 atom stereocenters. The molecule has 2 amide bonds. The maximum atomic E-state index is 13.1. The van der Waals surface area contributed by atoms with E-state index in [-0.39, 0.29) is 12.1 Å². The Hall–Kier alpha value is -3.95. The molecule has 0 saturated carbocycles. The van der Waals surface area contributed by atoms with Crippen LogP contribution >= 0.6 is 11.6 Å². The fourth-order valence-electron chi connectivity index (χ4n) is 3.82. The van der Waals surface area contributed by atoms with E-state index in [9.17, 15) is 14.4 Å². The molecule has 0 radical (unpaired) electrons. The summed E-state index contributed by atoms with van der Waals surface area (Å²) in [5, 5.41) is 4.17. The van der Waals surface area contributed by atoms with Gasteiger partial charge in [-0.25, -0.2) is 14.4 Å². The van der Waals surface area contributed by atoms with Crippen molar-refractivity contribution < 1.29 is 14.3 Å². The van der Waals surface area contributed by atoms with Crippen molar-refractivity contribution in [3.63, 3.8) is 0 Å². The second-order valence-corrected chi connectivity index (χ2v) is 9.63. The Balaban J connectivity index is 1.78. The Labute approximate surface area is 212 Å². The number of fused-ring (bicyclic) bond motifs is 1. The Bertz CT molecular complexity index is 1500. The summed E-state index contributed by atoms with van der Waals surface area (Å²) in [6.07, 6.45) is 0.729. The Kier molecular flexibility index (Phi) is 6.71. The van der Waals surface area contributed by atoms with Gasteiger partial charge in [0.05, 0.1) is 28.8 Å². The molecule has 0 spiro atoms. The highest BCUT2D eigenvalue weighted by atomic mass is 35.5. The SMILES string of the molecule is Cc1ncc2c(=O)n(-c3ccc(Cl)cc3)[nH]c2c1-c1ccc(N(C(=O)CN)C(=O)OC(C)(C)C)cc1. The number of aromatic nitrogens is 3. The normalized spacial score (nSPS) is 11.5. The number of hydrogen-bond acceptors (Lipinski definition) is 6. The van der Waals surface area contributed by atoms with Gasteiger partial charge in [0.15, 0.2) is 0 Å². The van der Waals surface area contributed by atoms with E-state index < -0.39 is 17.6 Å². The van der Waals surface area contributed by atoms with E-state index in [0.29, 0.717) is 33.0 Å². The maximum Gasteiger partial charge on any atom is 0.421 e. The monoisotopic (exact) mass is 507 g/mol. The fourth-order valence-corrected chi connectivity index (χ4v) is 3.95. The number of nitrogens with one attached hydrogen (secondary N) is 1. The first-order chi connectivity index (χ1) is 17.0. The van der Waals surface area contributed by atoms with Crippen LogP contribution < -0.4 is 16.2 Å². The third-order valence-electron chi connectivity index (χ3n) is 5.42. The third kappa shape index (κ3) is 4.89. The molecule has 9 nitrogen and oxygen atoms in total. The first-order valence-electron chi connectivity index (χ1n) is 11.2. The van der Waals surface area contributed by atoms with Crippen molar-refractivity contribution in [3.05, 3.63) is 75.8 Å². The number of nitrogens with two attached hydrogens (primary N) is 1. The van der Waals surface area contributed by atoms with Crippen molar-refractivity contribution >= 4 is 40.2 Å². The molecule has 0 saturated heterocycles. The number of carbonyl (C=O) groups excluding carboxylic acids is 2. The van der Waals surface area contributed by atoms with Crippen molar-refractivity contribution in [2.45, 2.75) is 33.3 Å². The van der Waals surface area contributed by atoms with E-state index in [2.05, 4.69) is 10.1 Å². The standard InChI is InChI=1S/C26H26ClN5O4/c1-15-22(23-20(14-29-15)24(34)32(30-23)19-11-7-17(27)8-12-19)16-5-9-18(10-6-16)31(21(33)13-28)25(35)36-26(2,3)4/h5-12,14,30H,13,28H2,1-4H3. The number of rotatable bonds is 4. The van der Waals surface area contributed by atoms with E-state index in [1.54, 1.807) is 69.3 Å². The predicted molar refractivity (Wildman–Crippen MR) is 140 cm³/mol. The third-order valence-corrected chi connectivity index (χ3v) is 5.68. The van der Waals surface area contributed by atoms with Gasteiger partial charge < -0.3 is 10.5 Å². The van der Waals surface area contributed by atoms with Gasteiger partial charge in [0.2, 0.25) is 5.91 Å². The fraction of sp³-hybridized carbons (Fsp3) is 0.231. The summed E-state index contributed by atoms with van der Waals surface area (Å²) in [7, 11) is 0. The summed E-state index contributed by atoms with van der Waals surface area (Å²) in [6.45, 7) is 6.62. The van der Waals surface area contributed by atoms with Gasteiger partial charge in [0.1, 0.15) is 5.60 Å². The van der Waals surface area contributed by atoms with Gasteiger partial charge in [0, 0.05) is 22.5 Å². The Morgan fingerprint density at radius 3 is 2.33 bits per heavy atom. The van der Waals surface area contributed by atoms with Crippen molar-refractivity contribution in [1.29, 1.82) is 0 Å². The van der Waals surface area contributed by atoms with Crippen LogP contribution in [0.15, 0.2) is 59.5 Å². The Morgan fingerprint density at radius 1 is 1.11 bits per heavy atom. The number of benzene rings is 2. The zero-order valence-corrected chi connectivity index (χ0v) is 21.1. The topological polar surface area (TPSA) is 123 Å². The van der Waals surface area contributed by atoms with Gasteiger partial charge in [0.25, 0.3) is 5.56 Å². The van der Waals surface area contributed by atoms with Crippen LogP contribution in [0.2, 0.25) is 5.02 Å². The summed E-state index contributed by atoms with van der Waals surface area (Å²) >= 11 is 5.99. The number of aryl methyl sites for hydroxylation is 1. The van der Waals surface area contributed by atoms with Gasteiger partial charge in [-0.3, -0.25) is 19.7 Å². The molecule has 0 aliphatic carbocycles. The predicted octanol–water partition coefficient (Wildman–Crippen LogP) is 4.57. The average Bonchev–Trinajstić information content (AvgIpc) is 3.15. The molecule has 0 fully saturated rings. The number of carbonyl (C=O) groups is 2. The molecule has 3 N–H and O–H groups in total. The van der Waals surface area contributed by atoms with Crippen molar-refractivity contribution in [2.24, 2.45) is 5.73 Å². The number of amides is 2. The zero-order chi connectivity index (χ0) is 26.2. The number of anilines is 1. The van der Waals surface area contributed by atoms with E-state index >= 15 is 0 Å². The summed E-state index contributed by atoms with van der Waals surface area (Å²) in [6, 6.07) is 13.6. The molecule has 4 aromatic rings. The second kappa shape index (κ2) is 9.60. The average molecular weight is 508 g/mol. The number of hydrogen-bond donors (Lipinski definition) is 2. The van der Waals surface area contributed by atoms with Crippen molar-refractivity contribution in [2.75, 3.05) is 11.4 Å². The smallest absolute Gasteiger partial charge is 0.421 e. The molecule has 10 heteroatoms. The van der Waals surface area contributed by atoms with Crippen LogP contribution in [0, 0.1) is 6.92 Å². The van der Waals surface area contributed by atoms with Gasteiger partial charge in [-0.15, -0.1) is 0 Å². The molecule has 2 aromatic carbocycles. The first kappa shape index (κ1) is 25.2. The number of nitrogens with zero attached hydrogens (tertiary/aromatic N) is 3. The minimum Gasteiger partial charge on any atom is -0.443 e. The minimum absolute atomic E-state index is 0.248. The zero-order valence-electron chi connectivity index (χ0n) is 20.3. The molecule has 0 bridgehead atoms. The highest BCUT2D eigenvalue weighted by molar-refractivity contribution is 6.30. The summed E-state index contributed by atoms with van der Waals surface area (Å²) in [4.78, 5) is 43.6. The first-order valence-corrected chi connectivity index (χ1v) is 11.6. The molecule has 4 rings (SSSR count). The van der Waals surface area contributed by atoms with Crippen molar-refractivity contribution in [3.8, 4) is 16.8 Å². The van der Waals surface area contributed by atoms with E-state index in [4.69, 9.17) is 22.1 Å². The van der Waals surface area contributed by atoms with Gasteiger partial charge in [-0.2, -0.15) is 0 Å². The molecule has 0 aliphatic heterocycles. The van der Waals surface area contributed by atoms with Crippen molar-refractivity contribution in [1.82, 2.24) is 14.8 Å². The molecule has 186 valence electrons. The second-order valence-electron chi connectivity index (χ2n) is 9.20. The summed E-state index contributed by atoms with van der Waals surface area (Å²) in [5.74, 6) is -0.596. The maximum absolute atomic E-state index is 13.1. The number of pyridine rings is 1. The van der Waals surface area contributed by atoms with Crippen LogP contribution in [0.4, 0.5) is 10.5 Å². The van der Waals surface area contributed by atoms with Crippen LogP contribution in [0.3, 0.4) is 0 Å². The van der Waals surface area contributed by atoms with Gasteiger partial charge in [-0.1, -0.05) is 23.7 Å². The number of imide groups is 1. The highest BCUT2D eigenvalue weighted by Gasteiger charge is 2.28. The largest absolute Gasteiger partial charge is 0.443 e. The number of ether oxygens (including phenoxy) is 1. The van der Waals surface area contributed by atoms with Crippen LogP contribution in [0.5, 0.6) is 0 Å². The lowest BCUT2D eigenvalue weighted by atomic mass is 10.0. The van der Waals surface area contributed by atoms with E-state index in [1.807, 2.05) is 6.92 Å². The van der Waals surface area contributed by atoms with E-state index in [0.717, 1.165) is 16.0 Å². The molecule has 2 aromatic heterocycles. The van der Waals surface area contributed by atoms with Crippen LogP contribution in [0.1, 0.15) is 26.5 Å². The van der Waals surface area contributed by atoms with Gasteiger partial charge in [-0.05, 0) is 69.7 Å². The lowest BCUT2D eigenvalue weighted by Crippen LogP contribution is -2.43. The lowest BCUT2D eigenvalue weighted by Gasteiger charge is -2.26. The minimum atomic E-state index is -0.810. The Morgan fingerprint density at radius 2 is 1.75 bits per heavy atom. The quantitative estimate of drug-likeness (QED) is 0.417. The van der Waals surface area contributed by atoms with E-state index in [1.165, 1.54) is 10.9 Å². The highest BCUT2D eigenvalue weighted by Crippen LogP contribution is 2.31. The number of halogens is 1. The molecule has 0 aliphatic rings. The molecule has 0 unspecified atom stereocenters. The summed E-state index contributed by atoms with van der Waals surface area (Å²) < 4.78 is 6.82. The van der Waals surface area contributed by atoms with Crippen LogP contribution in [-0.4, -0.2) is 38.9 Å². The number of aromatic amines is 1.